The first-order chi connectivity index (χ1) is 5.02. The first-order valence-corrected chi connectivity index (χ1v) is 5.10. The van der Waals surface area contributed by atoms with E-state index in [0.717, 1.165) is 6.26 Å². The molecule has 0 aromatic carbocycles. The summed E-state index contributed by atoms with van der Waals surface area (Å²) < 4.78 is 25.8. The molecule has 1 heterocycles. The van der Waals surface area contributed by atoms with Crippen molar-refractivity contribution in [2.24, 2.45) is 0 Å². The molecule has 62 valence electrons. The normalized spacial score (nSPS) is 31.6. The largest absolute Gasteiger partial charge is 0.379 e. The summed E-state index contributed by atoms with van der Waals surface area (Å²) in [6.45, 7) is 0.378. The molecule has 0 aromatic heterocycles. The zero-order valence-electron chi connectivity index (χ0n) is 6.20. The number of hydrogen-bond acceptors (Lipinski definition) is 4. The topological polar surface area (TPSA) is 67.2 Å². The van der Waals surface area contributed by atoms with Crippen LogP contribution in [0.2, 0.25) is 0 Å². The maximum absolute atomic E-state index is 11.1. The maximum atomic E-state index is 11.1. The van der Waals surface area contributed by atoms with Crippen LogP contribution >= 0.6 is 0 Å². The number of hydrogen-bond donors (Lipinski definition) is 0. The van der Waals surface area contributed by atoms with Crippen LogP contribution in [-0.2, 0) is 14.6 Å². The van der Waals surface area contributed by atoms with Crippen molar-refractivity contribution in [1.82, 2.24) is 0 Å². The Morgan fingerprint density at radius 3 is 2.45 bits per heavy atom. The summed E-state index contributed by atoms with van der Waals surface area (Å²) in [5.74, 6) is 0. The molecular weight excluding hydrogens is 166 g/mol. The summed E-state index contributed by atoms with van der Waals surface area (Å²) in [4.78, 5) is 0. The van der Waals surface area contributed by atoms with E-state index in [0.29, 0.717) is 13.0 Å². The van der Waals surface area contributed by atoms with Gasteiger partial charge in [0, 0.05) is 19.3 Å². The molecule has 0 radical (unpaired) electrons. The predicted molar refractivity (Wildman–Crippen MR) is 38.6 cm³/mol. The van der Waals surface area contributed by atoms with Gasteiger partial charge in [0.15, 0.2) is 14.6 Å². The summed E-state index contributed by atoms with van der Waals surface area (Å²) in [7, 11) is -3.30. The second-order valence-electron chi connectivity index (χ2n) is 2.68. The van der Waals surface area contributed by atoms with Gasteiger partial charge in [-0.25, -0.2) is 8.42 Å². The quantitative estimate of drug-likeness (QED) is 0.549. The average molecular weight is 175 g/mol. The van der Waals surface area contributed by atoms with Crippen LogP contribution in [0.4, 0.5) is 0 Å². The van der Waals surface area contributed by atoms with Crippen LogP contribution in [0.15, 0.2) is 0 Å². The molecule has 1 atom stereocenters. The summed E-state index contributed by atoms with van der Waals surface area (Å²) >= 11 is 0. The van der Waals surface area contributed by atoms with Crippen molar-refractivity contribution < 1.29 is 13.2 Å². The molecule has 5 heteroatoms. The molecule has 1 saturated heterocycles. The van der Waals surface area contributed by atoms with E-state index in [1.54, 1.807) is 6.07 Å². The van der Waals surface area contributed by atoms with E-state index in [1.165, 1.54) is 0 Å². The van der Waals surface area contributed by atoms with Crippen molar-refractivity contribution in [3.63, 3.8) is 0 Å². The minimum Gasteiger partial charge on any atom is -0.379 e. The Morgan fingerprint density at radius 2 is 2.27 bits per heavy atom. The summed E-state index contributed by atoms with van der Waals surface area (Å²) in [5, 5.41) is 8.64. The van der Waals surface area contributed by atoms with Gasteiger partial charge >= 0.3 is 0 Å². The highest BCUT2D eigenvalue weighted by Crippen LogP contribution is 2.26. The van der Waals surface area contributed by atoms with Gasteiger partial charge in [0.2, 0.25) is 0 Å². The molecule has 0 saturated carbocycles. The zero-order chi connectivity index (χ0) is 8.54. The van der Waals surface area contributed by atoms with Gasteiger partial charge in [-0.1, -0.05) is 0 Å². The zero-order valence-corrected chi connectivity index (χ0v) is 7.02. The Kier molecular flexibility index (Phi) is 1.90. The summed E-state index contributed by atoms with van der Waals surface area (Å²) in [5.41, 5.74) is 0. The SMILES string of the molecule is CS(=O)(=O)C1(C#N)CCOC1. The molecule has 0 N–H and O–H groups in total. The Morgan fingerprint density at radius 1 is 1.64 bits per heavy atom. The lowest BCUT2D eigenvalue weighted by Gasteiger charge is -2.14. The summed E-state index contributed by atoms with van der Waals surface area (Å²) in [6, 6.07) is 1.80. The minimum absolute atomic E-state index is 0.0162. The first kappa shape index (κ1) is 8.50. The lowest BCUT2D eigenvalue weighted by Crippen LogP contribution is -2.36. The van der Waals surface area contributed by atoms with Crippen molar-refractivity contribution in [3.8, 4) is 6.07 Å². The molecule has 1 aliphatic rings. The molecule has 0 spiro atoms. The van der Waals surface area contributed by atoms with E-state index in [9.17, 15) is 8.42 Å². The molecule has 0 bridgehead atoms. The van der Waals surface area contributed by atoms with Crippen LogP contribution in [-0.4, -0.2) is 32.6 Å². The lowest BCUT2D eigenvalue weighted by atomic mass is 10.1. The third-order valence-electron chi connectivity index (χ3n) is 1.90. The number of nitrogens with zero attached hydrogens (tertiary/aromatic N) is 1. The highest BCUT2D eigenvalue weighted by molar-refractivity contribution is 7.92. The van der Waals surface area contributed by atoms with Crippen LogP contribution < -0.4 is 0 Å². The van der Waals surface area contributed by atoms with E-state index >= 15 is 0 Å². The summed E-state index contributed by atoms with van der Waals surface area (Å²) in [6.07, 6.45) is 1.37. The molecule has 1 fully saturated rings. The molecule has 1 unspecified atom stereocenters. The highest BCUT2D eigenvalue weighted by atomic mass is 32.2. The fourth-order valence-corrected chi connectivity index (χ4v) is 1.93. The molecule has 0 aromatic rings. The highest BCUT2D eigenvalue weighted by Gasteiger charge is 2.44. The van der Waals surface area contributed by atoms with Gasteiger partial charge < -0.3 is 4.74 Å². The average Bonchev–Trinajstić information content (AvgIpc) is 2.33. The number of nitriles is 1. The number of sulfone groups is 1. The van der Waals surface area contributed by atoms with Gasteiger partial charge in [-0.3, -0.25) is 0 Å². The molecule has 11 heavy (non-hydrogen) atoms. The third-order valence-corrected chi connectivity index (χ3v) is 3.73. The predicted octanol–water partition coefficient (Wildman–Crippen LogP) is -0.286. The second-order valence-corrected chi connectivity index (χ2v) is 5.01. The van der Waals surface area contributed by atoms with Crippen molar-refractivity contribution in [2.45, 2.75) is 11.2 Å². The molecule has 4 nitrogen and oxygen atoms in total. The third kappa shape index (κ3) is 1.24. The first-order valence-electron chi connectivity index (χ1n) is 3.20. The van der Waals surface area contributed by atoms with Crippen LogP contribution in [0.5, 0.6) is 0 Å². The standard InChI is InChI=1S/C6H9NO3S/c1-11(8,9)6(4-7)2-3-10-5-6/h2-3,5H2,1H3. The maximum Gasteiger partial charge on any atom is 0.183 e. The van der Waals surface area contributed by atoms with Crippen LogP contribution in [0.1, 0.15) is 6.42 Å². The van der Waals surface area contributed by atoms with Gasteiger partial charge in [0.1, 0.15) is 0 Å². The van der Waals surface area contributed by atoms with E-state index in [2.05, 4.69) is 0 Å². The Balaban J connectivity index is 3.06. The Bertz CT molecular complexity index is 281. The van der Waals surface area contributed by atoms with Crippen LogP contribution in [0.25, 0.3) is 0 Å². The van der Waals surface area contributed by atoms with Crippen molar-refractivity contribution in [2.75, 3.05) is 19.5 Å². The van der Waals surface area contributed by atoms with Gasteiger partial charge in [-0.05, 0) is 0 Å². The Labute approximate surface area is 65.7 Å². The fourth-order valence-electron chi connectivity index (χ4n) is 1.01. The second kappa shape index (κ2) is 2.47. The minimum atomic E-state index is -3.30. The number of rotatable bonds is 1. The van der Waals surface area contributed by atoms with E-state index < -0.39 is 14.6 Å². The van der Waals surface area contributed by atoms with E-state index in [-0.39, 0.29) is 6.61 Å². The van der Waals surface area contributed by atoms with Gasteiger partial charge in [-0.15, -0.1) is 0 Å². The van der Waals surface area contributed by atoms with Gasteiger partial charge in [0.05, 0.1) is 12.7 Å². The van der Waals surface area contributed by atoms with Gasteiger partial charge in [0.25, 0.3) is 0 Å². The molecule has 1 aliphatic heterocycles. The lowest BCUT2D eigenvalue weighted by molar-refractivity contribution is 0.194. The van der Waals surface area contributed by atoms with E-state index in [1.807, 2.05) is 0 Å². The molecule has 0 aliphatic carbocycles. The number of ether oxygens (including phenoxy) is 1. The van der Waals surface area contributed by atoms with Gasteiger partial charge in [-0.2, -0.15) is 5.26 Å². The van der Waals surface area contributed by atoms with Crippen molar-refractivity contribution in [3.05, 3.63) is 0 Å². The van der Waals surface area contributed by atoms with Crippen molar-refractivity contribution >= 4 is 9.84 Å². The Hall–Kier alpha value is -0.600. The van der Waals surface area contributed by atoms with E-state index in [4.69, 9.17) is 10.00 Å². The van der Waals surface area contributed by atoms with Crippen molar-refractivity contribution in [1.29, 1.82) is 5.26 Å². The van der Waals surface area contributed by atoms with Crippen LogP contribution in [0, 0.1) is 11.3 Å². The molecule has 1 rings (SSSR count). The molecular formula is C6H9NO3S. The van der Waals surface area contributed by atoms with Crippen LogP contribution in [0.3, 0.4) is 0 Å². The molecule has 0 amide bonds. The fraction of sp³-hybridized carbons (Fsp3) is 0.833. The monoisotopic (exact) mass is 175 g/mol. The smallest absolute Gasteiger partial charge is 0.183 e.